The van der Waals surface area contributed by atoms with E-state index in [0.717, 1.165) is 0 Å². The van der Waals surface area contributed by atoms with Crippen LogP contribution in [0.4, 0.5) is 4.79 Å². The molecule has 0 unspecified atom stereocenters. The number of carbonyl (C=O) groups is 2. The number of rotatable bonds is 4. The fourth-order valence-electron chi connectivity index (χ4n) is 0.900. The van der Waals surface area contributed by atoms with Crippen molar-refractivity contribution in [3.05, 3.63) is 4.91 Å². The monoisotopic (exact) mass is 189 g/mol. The summed E-state index contributed by atoms with van der Waals surface area (Å²) in [6.07, 6.45) is 0. The van der Waals surface area contributed by atoms with Crippen LogP contribution in [0.25, 0.3) is 0 Å². The smallest absolute Gasteiger partial charge is 0.338 e. The van der Waals surface area contributed by atoms with E-state index in [4.69, 9.17) is 10.8 Å². The van der Waals surface area contributed by atoms with Gasteiger partial charge in [-0.25, -0.2) is 9.59 Å². The van der Waals surface area contributed by atoms with Crippen LogP contribution in [0.15, 0.2) is 5.29 Å². The van der Waals surface area contributed by atoms with Crippen LogP contribution in [0.1, 0.15) is 13.8 Å². The summed E-state index contributed by atoms with van der Waals surface area (Å²) in [7, 11) is 0. The van der Waals surface area contributed by atoms with Crippen molar-refractivity contribution in [3.63, 3.8) is 0 Å². The maximum absolute atomic E-state index is 10.6. The molecule has 1 atom stereocenters. The zero-order valence-electron chi connectivity index (χ0n) is 7.30. The van der Waals surface area contributed by atoms with Crippen molar-refractivity contribution in [2.75, 3.05) is 0 Å². The molecule has 0 aliphatic heterocycles. The third kappa shape index (κ3) is 2.69. The second kappa shape index (κ2) is 4.39. The van der Waals surface area contributed by atoms with Crippen LogP contribution in [0.2, 0.25) is 0 Å². The van der Waals surface area contributed by atoms with E-state index < -0.39 is 24.0 Å². The summed E-state index contributed by atoms with van der Waals surface area (Å²) in [5.74, 6) is -1.75. The largest absolute Gasteiger partial charge is 0.480 e. The Balaban J connectivity index is 4.79. The van der Waals surface area contributed by atoms with Gasteiger partial charge in [0.05, 0.1) is 5.29 Å². The van der Waals surface area contributed by atoms with Crippen molar-refractivity contribution in [2.24, 2.45) is 16.9 Å². The van der Waals surface area contributed by atoms with Crippen LogP contribution < -0.4 is 5.73 Å². The van der Waals surface area contributed by atoms with Crippen molar-refractivity contribution in [3.8, 4) is 0 Å². The molecule has 7 nitrogen and oxygen atoms in total. The molecule has 0 rings (SSSR count). The molecule has 0 aromatic heterocycles. The minimum Gasteiger partial charge on any atom is -0.480 e. The molecule has 74 valence electrons. The molecule has 0 aliphatic carbocycles. The lowest BCUT2D eigenvalue weighted by molar-refractivity contribution is -0.143. The normalized spacial score (nSPS) is 12.2. The molecule has 2 amide bonds. The lowest BCUT2D eigenvalue weighted by atomic mass is 10.0. The van der Waals surface area contributed by atoms with Crippen LogP contribution >= 0.6 is 0 Å². The van der Waals surface area contributed by atoms with E-state index in [1.54, 1.807) is 13.8 Å². The molecule has 0 bridgehead atoms. The van der Waals surface area contributed by atoms with E-state index in [2.05, 4.69) is 5.29 Å². The van der Waals surface area contributed by atoms with Gasteiger partial charge in [-0.1, -0.05) is 13.8 Å². The van der Waals surface area contributed by atoms with Crippen LogP contribution in [-0.4, -0.2) is 28.2 Å². The highest BCUT2D eigenvalue weighted by Gasteiger charge is 2.32. The molecule has 0 heterocycles. The van der Waals surface area contributed by atoms with Crippen LogP contribution in [0.3, 0.4) is 0 Å². The van der Waals surface area contributed by atoms with Gasteiger partial charge < -0.3 is 10.8 Å². The topological polar surface area (TPSA) is 113 Å². The Labute approximate surface area is 74.4 Å². The van der Waals surface area contributed by atoms with Gasteiger partial charge in [0, 0.05) is 0 Å². The van der Waals surface area contributed by atoms with Gasteiger partial charge in [0.25, 0.3) is 0 Å². The van der Waals surface area contributed by atoms with Gasteiger partial charge in [-0.05, 0) is 5.92 Å². The Bertz CT molecular complexity index is 228. The van der Waals surface area contributed by atoms with Crippen molar-refractivity contribution >= 4 is 12.0 Å². The van der Waals surface area contributed by atoms with Crippen molar-refractivity contribution in [1.82, 2.24) is 5.01 Å². The number of carboxylic acids is 1. The number of amides is 2. The third-order valence-corrected chi connectivity index (χ3v) is 1.46. The molecule has 13 heavy (non-hydrogen) atoms. The van der Waals surface area contributed by atoms with Gasteiger partial charge in [0.15, 0.2) is 6.04 Å². The Morgan fingerprint density at radius 1 is 1.46 bits per heavy atom. The van der Waals surface area contributed by atoms with Crippen molar-refractivity contribution < 1.29 is 14.7 Å². The Morgan fingerprint density at radius 3 is 2.00 bits per heavy atom. The number of carbonyl (C=O) groups excluding carboxylic acids is 1. The number of nitrogens with zero attached hydrogens (tertiary/aromatic N) is 2. The Morgan fingerprint density at radius 2 is 1.92 bits per heavy atom. The molecule has 0 saturated heterocycles. The molecule has 0 spiro atoms. The van der Waals surface area contributed by atoms with E-state index in [1.807, 2.05) is 0 Å². The van der Waals surface area contributed by atoms with Gasteiger partial charge in [-0.2, -0.15) is 5.01 Å². The first-order valence-corrected chi connectivity index (χ1v) is 3.56. The second-order valence-corrected chi connectivity index (χ2v) is 2.79. The second-order valence-electron chi connectivity index (χ2n) is 2.79. The minimum absolute atomic E-state index is 0.215. The fourth-order valence-corrected chi connectivity index (χ4v) is 0.900. The molecular formula is C6H11N3O4. The summed E-state index contributed by atoms with van der Waals surface area (Å²) in [5, 5.41) is 11.1. The quantitative estimate of drug-likeness (QED) is 0.484. The van der Waals surface area contributed by atoms with Gasteiger partial charge in [-0.15, -0.1) is 4.91 Å². The Kier molecular flexibility index (Phi) is 3.83. The zero-order valence-corrected chi connectivity index (χ0v) is 7.30. The summed E-state index contributed by atoms with van der Waals surface area (Å²) in [6, 6.07) is -2.48. The van der Waals surface area contributed by atoms with E-state index in [9.17, 15) is 14.5 Å². The maximum Gasteiger partial charge on any atom is 0.338 e. The zero-order chi connectivity index (χ0) is 10.6. The van der Waals surface area contributed by atoms with Gasteiger partial charge in [0.1, 0.15) is 0 Å². The third-order valence-electron chi connectivity index (χ3n) is 1.46. The standard InChI is InChI=1S/C6H11N3O4/c1-3(2)4(5(10)11)9(8-13)6(7)12/h3-4H,1-2H3,(H2,7,12)(H,10,11)/t4-/m1/s1. The molecule has 3 N–H and O–H groups in total. The summed E-state index contributed by atoms with van der Waals surface area (Å²) in [5.41, 5.74) is 4.75. The number of hydrogen-bond acceptors (Lipinski definition) is 4. The number of hydrogen-bond donors (Lipinski definition) is 2. The molecule has 0 saturated carbocycles. The predicted octanol–water partition coefficient (Wildman–Crippen LogP) is 0.158. The summed E-state index contributed by atoms with van der Waals surface area (Å²) >= 11 is 0. The maximum atomic E-state index is 10.6. The number of nitroso groups, excluding NO2 is 1. The van der Waals surface area contributed by atoms with Crippen molar-refractivity contribution in [2.45, 2.75) is 19.9 Å². The van der Waals surface area contributed by atoms with E-state index in [-0.39, 0.29) is 5.01 Å². The molecule has 0 aliphatic rings. The fraction of sp³-hybridized carbons (Fsp3) is 0.667. The van der Waals surface area contributed by atoms with Crippen LogP contribution in [0.5, 0.6) is 0 Å². The molecular weight excluding hydrogens is 178 g/mol. The highest BCUT2D eigenvalue weighted by molar-refractivity contribution is 5.81. The van der Waals surface area contributed by atoms with Crippen LogP contribution in [-0.2, 0) is 4.79 Å². The SMILES string of the molecule is CC(C)[C@H](C(=O)O)N(N=O)C(N)=O. The lowest BCUT2D eigenvalue weighted by Crippen LogP contribution is -2.47. The number of nitrogens with two attached hydrogens (primary N) is 1. The average molecular weight is 189 g/mol. The van der Waals surface area contributed by atoms with Gasteiger partial charge in [0.2, 0.25) is 0 Å². The lowest BCUT2D eigenvalue weighted by Gasteiger charge is -2.21. The molecule has 0 aromatic rings. The number of aliphatic carboxylic acids is 1. The average Bonchev–Trinajstić information content (AvgIpc) is 1.97. The Hall–Kier alpha value is -1.66. The van der Waals surface area contributed by atoms with Crippen molar-refractivity contribution in [1.29, 1.82) is 0 Å². The highest BCUT2D eigenvalue weighted by atomic mass is 16.4. The first kappa shape index (κ1) is 11.3. The first-order valence-electron chi connectivity index (χ1n) is 3.56. The highest BCUT2D eigenvalue weighted by Crippen LogP contribution is 2.11. The molecule has 0 aromatic carbocycles. The van der Waals surface area contributed by atoms with Crippen LogP contribution in [0, 0.1) is 10.8 Å². The molecule has 7 heteroatoms. The number of carboxylic acid groups (broad SMARTS) is 1. The molecule has 0 radical (unpaired) electrons. The number of urea groups is 1. The number of primary amides is 1. The van der Waals surface area contributed by atoms with E-state index in [0.29, 0.717) is 0 Å². The van der Waals surface area contributed by atoms with E-state index in [1.165, 1.54) is 0 Å². The minimum atomic E-state index is -1.31. The van der Waals surface area contributed by atoms with E-state index >= 15 is 0 Å². The van der Waals surface area contributed by atoms with Gasteiger partial charge in [-0.3, -0.25) is 0 Å². The van der Waals surface area contributed by atoms with Gasteiger partial charge >= 0.3 is 12.0 Å². The predicted molar refractivity (Wildman–Crippen MR) is 43.5 cm³/mol. The summed E-state index contributed by atoms with van der Waals surface area (Å²) in [4.78, 5) is 31.3. The first-order chi connectivity index (χ1) is 5.91. The summed E-state index contributed by atoms with van der Waals surface area (Å²) in [6.45, 7) is 3.08. The summed E-state index contributed by atoms with van der Waals surface area (Å²) < 4.78 is 0. The molecule has 0 fully saturated rings.